The number of anilines is 1. The van der Waals surface area contributed by atoms with Crippen molar-refractivity contribution in [2.45, 2.75) is 46.6 Å². The molecule has 2 unspecified atom stereocenters. The van der Waals surface area contributed by atoms with Gasteiger partial charge in [-0.3, -0.25) is 4.79 Å². The number of rotatable bonds is 3. The number of carbonyl (C=O) groups excluding carboxylic acids is 1. The molecule has 122 valence electrons. The van der Waals surface area contributed by atoms with Crippen LogP contribution in [0.25, 0.3) is 0 Å². The zero-order chi connectivity index (χ0) is 16.3. The Kier molecular flexibility index (Phi) is 5.09. The highest BCUT2D eigenvalue weighted by molar-refractivity contribution is 5.81. The number of nitrogens with one attached hydrogen (secondary N) is 1. The van der Waals surface area contributed by atoms with Gasteiger partial charge in [0.25, 0.3) is 0 Å². The maximum atomic E-state index is 13.5. The van der Waals surface area contributed by atoms with Crippen LogP contribution in [0.2, 0.25) is 0 Å². The smallest absolute Gasteiger partial charge is 0.225 e. The number of piperidine rings is 1. The summed E-state index contributed by atoms with van der Waals surface area (Å²) in [5.74, 6) is 0.377. The fourth-order valence-electron chi connectivity index (χ4n) is 2.89. The molecule has 3 nitrogen and oxygen atoms in total. The predicted octanol–water partition coefficient (Wildman–Crippen LogP) is 3.59. The Morgan fingerprint density at radius 1 is 1.36 bits per heavy atom. The maximum absolute atomic E-state index is 13.5. The van der Waals surface area contributed by atoms with Crippen LogP contribution in [0.4, 0.5) is 10.1 Å². The molecule has 1 amide bonds. The van der Waals surface area contributed by atoms with Crippen LogP contribution in [-0.4, -0.2) is 25.0 Å². The van der Waals surface area contributed by atoms with Crippen molar-refractivity contribution in [2.24, 2.45) is 11.3 Å². The third-order valence-corrected chi connectivity index (χ3v) is 4.30. The lowest BCUT2D eigenvalue weighted by atomic mass is 9.89. The molecule has 1 aliphatic heterocycles. The average Bonchev–Trinajstić information content (AvgIpc) is 2.46. The van der Waals surface area contributed by atoms with Crippen LogP contribution >= 0.6 is 0 Å². The standard InChI is InChI=1S/C18H27FN2O/c1-5-13-9-15(20-17(22)18(2,3)4)12-21(11-13)16-8-6-7-14(19)10-16/h6-8,10,13,15H,5,9,11-12H2,1-4H3,(H,20,22). The fourth-order valence-corrected chi connectivity index (χ4v) is 2.89. The molecule has 0 saturated carbocycles. The number of benzene rings is 1. The fraction of sp³-hybridized carbons (Fsp3) is 0.611. The summed E-state index contributed by atoms with van der Waals surface area (Å²) < 4.78 is 13.5. The topological polar surface area (TPSA) is 32.3 Å². The van der Waals surface area contributed by atoms with Crippen LogP contribution < -0.4 is 10.2 Å². The van der Waals surface area contributed by atoms with E-state index in [0.717, 1.165) is 31.6 Å². The molecule has 1 aromatic carbocycles. The van der Waals surface area contributed by atoms with Crippen molar-refractivity contribution in [3.05, 3.63) is 30.1 Å². The molecule has 0 bridgehead atoms. The van der Waals surface area contributed by atoms with Crippen LogP contribution in [0.15, 0.2) is 24.3 Å². The SMILES string of the molecule is CCC1CC(NC(=O)C(C)(C)C)CN(c2cccc(F)c2)C1. The molecule has 0 radical (unpaired) electrons. The first-order valence-corrected chi connectivity index (χ1v) is 8.11. The molecule has 2 rings (SSSR count). The highest BCUT2D eigenvalue weighted by Crippen LogP contribution is 2.26. The largest absolute Gasteiger partial charge is 0.369 e. The zero-order valence-electron chi connectivity index (χ0n) is 14.0. The molecule has 2 atom stereocenters. The van der Waals surface area contributed by atoms with E-state index in [1.165, 1.54) is 6.07 Å². The Bertz CT molecular complexity index is 524. The monoisotopic (exact) mass is 306 g/mol. The van der Waals surface area contributed by atoms with Gasteiger partial charge in [-0.25, -0.2) is 4.39 Å². The molecule has 1 fully saturated rings. The molecule has 1 N–H and O–H groups in total. The van der Waals surface area contributed by atoms with E-state index in [2.05, 4.69) is 17.1 Å². The molecule has 4 heteroatoms. The van der Waals surface area contributed by atoms with Crippen molar-refractivity contribution in [3.63, 3.8) is 0 Å². The Labute approximate surface area is 132 Å². The van der Waals surface area contributed by atoms with Gasteiger partial charge in [0, 0.05) is 30.2 Å². The van der Waals surface area contributed by atoms with E-state index in [-0.39, 0.29) is 23.2 Å². The van der Waals surface area contributed by atoms with Crippen molar-refractivity contribution >= 4 is 11.6 Å². The Balaban J connectivity index is 2.11. The van der Waals surface area contributed by atoms with Gasteiger partial charge in [0.05, 0.1) is 0 Å². The van der Waals surface area contributed by atoms with Crippen molar-refractivity contribution in [3.8, 4) is 0 Å². The molecular weight excluding hydrogens is 279 g/mol. The van der Waals surface area contributed by atoms with E-state index >= 15 is 0 Å². The van der Waals surface area contributed by atoms with E-state index in [0.29, 0.717) is 5.92 Å². The summed E-state index contributed by atoms with van der Waals surface area (Å²) in [6.45, 7) is 9.60. The molecule has 22 heavy (non-hydrogen) atoms. The number of amides is 1. The summed E-state index contributed by atoms with van der Waals surface area (Å²) in [5, 5.41) is 3.16. The summed E-state index contributed by atoms with van der Waals surface area (Å²) in [6, 6.07) is 6.82. The number of hydrogen-bond acceptors (Lipinski definition) is 2. The van der Waals surface area contributed by atoms with Gasteiger partial charge in [0.1, 0.15) is 5.82 Å². The number of halogens is 1. The summed E-state index contributed by atoms with van der Waals surface area (Å²) in [7, 11) is 0. The van der Waals surface area contributed by atoms with Gasteiger partial charge in [0.2, 0.25) is 5.91 Å². The Morgan fingerprint density at radius 2 is 2.09 bits per heavy atom. The third kappa shape index (κ3) is 4.21. The van der Waals surface area contributed by atoms with Crippen molar-refractivity contribution in [1.82, 2.24) is 5.32 Å². The minimum atomic E-state index is -0.386. The van der Waals surface area contributed by atoms with Crippen LogP contribution in [0, 0.1) is 17.2 Å². The van der Waals surface area contributed by atoms with Gasteiger partial charge >= 0.3 is 0 Å². The van der Waals surface area contributed by atoms with Gasteiger partial charge in [-0.05, 0) is 30.5 Å². The van der Waals surface area contributed by atoms with Crippen LogP contribution in [0.5, 0.6) is 0 Å². The van der Waals surface area contributed by atoms with Gasteiger partial charge in [0.15, 0.2) is 0 Å². The third-order valence-electron chi connectivity index (χ3n) is 4.30. The van der Waals surface area contributed by atoms with Gasteiger partial charge in [-0.1, -0.05) is 40.2 Å². The van der Waals surface area contributed by atoms with Crippen molar-refractivity contribution in [1.29, 1.82) is 0 Å². The minimum Gasteiger partial charge on any atom is -0.369 e. The molecule has 1 saturated heterocycles. The lowest BCUT2D eigenvalue weighted by Crippen LogP contribution is -2.53. The maximum Gasteiger partial charge on any atom is 0.225 e. The highest BCUT2D eigenvalue weighted by Gasteiger charge is 2.30. The first-order chi connectivity index (χ1) is 10.3. The summed E-state index contributed by atoms with van der Waals surface area (Å²) >= 11 is 0. The van der Waals surface area contributed by atoms with Crippen molar-refractivity contribution in [2.75, 3.05) is 18.0 Å². The predicted molar refractivity (Wildman–Crippen MR) is 88.4 cm³/mol. The summed E-state index contributed by atoms with van der Waals surface area (Å²) in [5.41, 5.74) is 0.510. The lowest BCUT2D eigenvalue weighted by Gasteiger charge is -2.40. The lowest BCUT2D eigenvalue weighted by molar-refractivity contribution is -0.129. The number of hydrogen-bond donors (Lipinski definition) is 1. The summed E-state index contributed by atoms with van der Waals surface area (Å²) in [4.78, 5) is 14.4. The molecule has 0 aliphatic carbocycles. The van der Waals surface area contributed by atoms with Gasteiger partial charge < -0.3 is 10.2 Å². The Morgan fingerprint density at radius 3 is 2.68 bits per heavy atom. The van der Waals surface area contributed by atoms with Crippen LogP contribution in [0.1, 0.15) is 40.5 Å². The highest BCUT2D eigenvalue weighted by atomic mass is 19.1. The van der Waals surface area contributed by atoms with Gasteiger partial charge in [-0.2, -0.15) is 0 Å². The molecule has 1 aliphatic rings. The Hall–Kier alpha value is -1.58. The number of nitrogens with zero attached hydrogens (tertiary/aromatic N) is 1. The molecule has 1 aromatic rings. The van der Waals surface area contributed by atoms with Gasteiger partial charge in [-0.15, -0.1) is 0 Å². The number of carbonyl (C=O) groups is 1. The average molecular weight is 306 g/mol. The van der Waals surface area contributed by atoms with E-state index in [1.807, 2.05) is 26.8 Å². The molecule has 1 heterocycles. The summed E-state index contributed by atoms with van der Waals surface area (Å²) in [6.07, 6.45) is 2.05. The van der Waals surface area contributed by atoms with Crippen LogP contribution in [-0.2, 0) is 4.79 Å². The van der Waals surface area contributed by atoms with Crippen molar-refractivity contribution < 1.29 is 9.18 Å². The second-order valence-electron chi connectivity index (χ2n) is 7.32. The first kappa shape index (κ1) is 16.8. The zero-order valence-corrected chi connectivity index (χ0v) is 14.0. The quantitative estimate of drug-likeness (QED) is 0.925. The minimum absolute atomic E-state index is 0.0773. The molecule has 0 spiro atoms. The van der Waals surface area contributed by atoms with E-state index in [9.17, 15) is 9.18 Å². The van der Waals surface area contributed by atoms with Crippen LogP contribution in [0.3, 0.4) is 0 Å². The second kappa shape index (κ2) is 6.67. The van der Waals surface area contributed by atoms with E-state index in [4.69, 9.17) is 0 Å². The molecule has 0 aromatic heterocycles. The first-order valence-electron chi connectivity index (χ1n) is 8.11. The van der Waals surface area contributed by atoms with E-state index < -0.39 is 0 Å². The second-order valence-corrected chi connectivity index (χ2v) is 7.32. The normalized spacial score (nSPS) is 22.5. The van der Waals surface area contributed by atoms with E-state index in [1.54, 1.807) is 12.1 Å². The molecular formula is C18H27FN2O.